The number of benzene rings is 2. The second-order valence-electron chi connectivity index (χ2n) is 6.71. The average Bonchev–Trinajstić information content (AvgIpc) is 2.70. The number of hydrogen-bond donors (Lipinski definition) is 1. The van der Waals surface area contributed by atoms with Crippen LogP contribution in [-0.4, -0.2) is 46.4 Å². The van der Waals surface area contributed by atoms with Crippen LogP contribution in [0.4, 0.5) is 11.4 Å². The molecule has 0 saturated carbocycles. The van der Waals surface area contributed by atoms with Crippen molar-refractivity contribution in [1.82, 2.24) is 5.43 Å². The summed E-state index contributed by atoms with van der Waals surface area (Å²) < 4.78 is 25.5. The first kappa shape index (κ1) is 23.7. The van der Waals surface area contributed by atoms with Crippen molar-refractivity contribution < 1.29 is 13.2 Å². The number of amides is 1. The number of carbonyl (C=O) groups is 1. The van der Waals surface area contributed by atoms with Crippen LogP contribution < -0.4 is 14.6 Å². The summed E-state index contributed by atoms with van der Waals surface area (Å²) in [7, 11) is -3.69. The van der Waals surface area contributed by atoms with Gasteiger partial charge in [-0.3, -0.25) is 9.10 Å². The Kier molecular flexibility index (Phi) is 8.25. The van der Waals surface area contributed by atoms with Gasteiger partial charge in [0.1, 0.15) is 6.54 Å². The van der Waals surface area contributed by atoms with Gasteiger partial charge in [0.15, 0.2) is 0 Å². The van der Waals surface area contributed by atoms with E-state index in [0.29, 0.717) is 16.3 Å². The van der Waals surface area contributed by atoms with Crippen LogP contribution in [-0.2, 0) is 14.8 Å². The van der Waals surface area contributed by atoms with Crippen LogP contribution in [0.25, 0.3) is 0 Å². The van der Waals surface area contributed by atoms with E-state index in [4.69, 9.17) is 11.6 Å². The van der Waals surface area contributed by atoms with E-state index in [1.165, 1.54) is 6.21 Å². The zero-order valence-corrected chi connectivity index (χ0v) is 19.2. The molecular weight excluding hydrogens is 424 g/mol. The SMILES string of the molecule is CCN(CC)c1ccc(/C=N\NC(=O)CN(c2cccc(Cl)c2C)S(C)(=O)=O)cc1. The topological polar surface area (TPSA) is 82.1 Å². The summed E-state index contributed by atoms with van der Waals surface area (Å²) in [4.78, 5) is 14.5. The lowest BCUT2D eigenvalue weighted by Gasteiger charge is -2.23. The lowest BCUT2D eigenvalue weighted by molar-refractivity contribution is -0.119. The van der Waals surface area contributed by atoms with Gasteiger partial charge in [0.25, 0.3) is 5.91 Å². The third kappa shape index (κ3) is 6.21. The number of rotatable bonds is 9. The predicted octanol–water partition coefficient (Wildman–Crippen LogP) is 3.41. The third-order valence-electron chi connectivity index (χ3n) is 4.62. The van der Waals surface area contributed by atoms with Crippen LogP contribution in [0.1, 0.15) is 25.0 Å². The number of sulfonamides is 1. The Balaban J connectivity index is 2.07. The largest absolute Gasteiger partial charge is 0.372 e. The number of hydrazone groups is 1. The zero-order chi connectivity index (χ0) is 22.3. The molecule has 0 aliphatic rings. The second kappa shape index (κ2) is 10.4. The molecule has 1 amide bonds. The van der Waals surface area contributed by atoms with Crippen LogP contribution in [0.2, 0.25) is 5.02 Å². The molecule has 9 heteroatoms. The first-order chi connectivity index (χ1) is 14.2. The number of anilines is 2. The molecular formula is C21H27ClN4O3S. The van der Waals surface area contributed by atoms with Crippen LogP contribution in [0, 0.1) is 6.92 Å². The standard InChI is InChI=1S/C21H27ClN4O3S/c1-5-25(6-2)18-12-10-17(11-13-18)14-23-24-21(27)15-26(30(4,28)29)20-9-7-8-19(22)16(20)3/h7-14H,5-6,15H2,1-4H3,(H,24,27)/b23-14-. The van der Waals surface area contributed by atoms with E-state index in [-0.39, 0.29) is 0 Å². The Bertz CT molecular complexity index is 1000. The minimum absolute atomic E-state index is 0.358. The Morgan fingerprint density at radius 2 is 1.77 bits per heavy atom. The van der Waals surface area contributed by atoms with Crippen LogP contribution in [0.5, 0.6) is 0 Å². The van der Waals surface area contributed by atoms with Crippen molar-refractivity contribution in [2.24, 2.45) is 5.10 Å². The van der Waals surface area contributed by atoms with Gasteiger partial charge in [-0.2, -0.15) is 5.10 Å². The molecule has 7 nitrogen and oxygen atoms in total. The summed E-state index contributed by atoms with van der Waals surface area (Å²) in [5.74, 6) is -0.559. The molecule has 0 atom stereocenters. The van der Waals surface area contributed by atoms with Gasteiger partial charge in [0.2, 0.25) is 10.0 Å². The van der Waals surface area contributed by atoms with Crippen LogP contribution in [0.15, 0.2) is 47.6 Å². The molecule has 162 valence electrons. The van der Waals surface area contributed by atoms with Gasteiger partial charge in [0.05, 0.1) is 18.2 Å². The molecule has 0 heterocycles. The molecule has 2 aromatic carbocycles. The van der Waals surface area contributed by atoms with Crippen molar-refractivity contribution >= 4 is 45.1 Å². The first-order valence-corrected chi connectivity index (χ1v) is 11.8. The molecule has 0 aliphatic heterocycles. The fourth-order valence-corrected chi connectivity index (χ4v) is 4.03. The van der Waals surface area contributed by atoms with Crippen molar-refractivity contribution in [3.8, 4) is 0 Å². The molecule has 0 radical (unpaired) electrons. The summed E-state index contributed by atoms with van der Waals surface area (Å²) in [6.07, 6.45) is 2.56. The highest BCUT2D eigenvalue weighted by molar-refractivity contribution is 7.92. The molecule has 0 aliphatic carbocycles. The summed E-state index contributed by atoms with van der Waals surface area (Å²) in [6, 6.07) is 12.7. The molecule has 0 aromatic heterocycles. The maximum atomic E-state index is 12.3. The first-order valence-electron chi connectivity index (χ1n) is 9.57. The van der Waals surface area contributed by atoms with E-state index >= 15 is 0 Å². The normalized spacial score (nSPS) is 11.5. The molecule has 0 fully saturated rings. The number of halogens is 1. The van der Waals surface area contributed by atoms with Gasteiger partial charge in [-0.05, 0) is 56.2 Å². The monoisotopic (exact) mass is 450 g/mol. The van der Waals surface area contributed by atoms with Gasteiger partial charge >= 0.3 is 0 Å². The number of hydrogen-bond acceptors (Lipinski definition) is 5. The Morgan fingerprint density at radius 1 is 1.13 bits per heavy atom. The smallest absolute Gasteiger partial charge is 0.260 e. The van der Waals surface area contributed by atoms with E-state index in [0.717, 1.165) is 34.9 Å². The summed E-state index contributed by atoms with van der Waals surface area (Å²) >= 11 is 6.10. The van der Waals surface area contributed by atoms with E-state index < -0.39 is 22.5 Å². The number of nitrogens with zero attached hydrogens (tertiary/aromatic N) is 3. The summed E-state index contributed by atoms with van der Waals surface area (Å²) in [5.41, 5.74) is 5.24. The van der Waals surface area contributed by atoms with E-state index in [9.17, 15) is 13.2 Å². The van der Waals surface area contributed by atoms with Crippen molar-refractivity contribution in [3.05, 3.63) is 58.6 Å². The highest BCUT2D eigenvalue weighted by Crippen LogP contribution is 2.27. The average molecular weight is 451 g/mol. The lowest BCUT2D eigenvalue weighted by atomic mass is 10.2. The van der Waals surface area contributed by atoms with E-state index in [2.05, 4.69) is 29.3 Å². The quantitative estimate of drug-likeness (QED) is 0.468. The molecule has 2 rings (SSSR count). The maximum Gasteiger partial charge on any atom is 0.260 e. The second-order valence-corrected chi connectivity index (χ2v) is 9.02. The summed E-state index contributed by atoms with van der Waals surface area (Å²) in [6.45, 7) is 7.33. The molecule has 1 N–H and O–H groups in total. The van der Waals surface area contributed by atoms with Gasteiger partial charge in [-0.1, -0.05) is 29.8 Å². The van der Waals surface area contributed by atoms with Crippen molar-refractivity contribution in [2.45, 2.75) is 20.8 Å². The lowest BCUT2D eigenvalue weighted by Crippen LogP contribution is -2.39. The number of carbonyl (C=O) groups excluding carboxylic acids is 1. The summed E-state index contributed by atoms with van der Waals surface area (Å²) in [5, 5.41) is 4.36. The molecule has 30 heavy (non-hydrogen) atoms. The molecule has 0 spiro atoms. The van der Waals surface area contributed by atoms with Crippen molar-refractivity contribution in [3.63, 3.8) is 0 Å². The van der Waals surface area contributed by atoms with Crippen molar-refractivity contribution in [2.75, 3.05) is 35.1 Å². The van der Waals surface area contributed by atoms with Crippen LogP contribution in [0.3, 0.4) is 0 Å². The Morgan fingerprint density at radius 3 is 2.33 bits per heavy atom. The molecule has 2 aromatic rings. The number of nitrogens with one attached hydrogen (secondary N) is 1. The third-order valence-corrected chi connectivity index (χ3v) is 6.16. The fourth-order valence-electron chi connectivity index (χ4n) is 2.95. The molecule has 0 unspecified atom stereocenters. The predicted molar refractivity (Wildman–Crippen MR) is 124 cm³/mol. The minimum atomic E-state index is -3.69. The Labute approximate surface area is 183 Å². The fraction of sp³-hybridized carbons (Fsp3) is 0.333. The van der Waals surface area contributed by atoms with Crippen LogP contribution >= 0.6 is 11.6 Å². The van der Waals surface area contributed by atoms with Gasteiger partial charge in [0, 0.05) is 23.8 Å². The Hall–Kier alpha value is -2.58. The van der Waals surface area contributed by atoms with Crippen molar-refractivity contribution in [1.29, 1.82) is 0 Å². The highest BCUT2D eigenvalue weighted by Gasteiger charge is 2.22. The van der Waals surface area contributed by atoms with Gasteiger partial charge in [-0.25, -0.2) is 13.8 Å². The molecule has 0 saturated heterocycles. The minimum Gasteiger partial charge on any atom is -0.372 e. The van der Waals surface area contributed by atoms with Gasteiger partial charge < -0.3 is 4.90 Å². The zero-order valence-electron chi connectivity index (χ0n) is 17.6. The van der Waals surface area contributed by atoms with E-state index in [1.54, 1.807) is 25.1 Å². The van der Waals surface area contributed by atoms with Gasteiger partial charge in [-0.15, -0.1) is 0 Å². The molecule has 0 bridgehead atoms. The highest BCUT2D eigenvalue weighted by atomic mass is 35.5. The maximum absolute atomic E-state index is 12.3. The van der Waals surface area contributed by atoms with E-state index in [1.807, 2.05) is 24.3 Å².